The average molecular weight is 236 g/mol. The average Bonchev–Trinajstić information content (AvgIpc) is 2.47. The predicted molar refractivity (Wildman–Crippen MR) is 73.0 cm³/mol. The molecule has 18 heavy (non-hydrogen) atoms. The molecule has 1 heterocycles. The summed E-state index contributed by atoms with van der Waals surface area (Å²) in [6, 6.07) is 20.3. The number of pyridine rings is 1. The van der Waals surface area contributed by atoms with Gasteiger partial charge in [-0.2, -0.15) is 5.84 Å². The van der Waals surface area contributed by atoms with Gasteiger partial charge in [0.2, 0.25) is 0 Å². The molecule has 0 aliphatic heterocycles. The zero-order valence-corrected chi connectivity index (χ0v) is 9.88. The summed E-state index contributed by atoms with van der Waals surface area (Å²) < 4.78 is 0. The second-order valence-corrected chi connectivity index (χ2v) is 4.18. The van der Waals surface area contributed by atoms with Gasteiger partial charge >= 0.3 is 0 Å². The molecule has 0 aliphatic rings. The third-order valence-corrected chi connectivity index (χ3v) is 3.00. The summed E-state index contributed by atoms with van der Waals surface area (Å²) in [7, 11) is 0. The third-order valence-electron chi connectivity index (χ3n) is 3.00. The Morgan fingerprint density at radius 1 is 0.833 bits per heavy atom. The molecule has 0 aliphatic carbocycles. The quantitative estimate of drug-likeness (QED) is 0.406. The summed E-state index contributed by atoms with van der Waals surface area (Å²) in [4.78, 5) is 4.66. The fourth-order valence-corrected chi connectivity index (χ4v) is 1.99. The van der Waals surface area contributed by atoms with E-state index >= 15 is 0 Å². The van der Waals surface area contributed by atoms with E-state index in [0.29, 0.717) is 0 Å². The number of rotatable bonds is 2. The van der Waals surface area contributed by atoms with Crippen LogP contribution in [0.1, 0.15) is 0 Å². The predicted octanol–water partition coefficient (Wildman–Crippen LogP) is 1.97. The molecule has 3 aromatic rings. The fraction of sp³-hybridized carbons (Fsp3) is 0. The Hall–Kier alpha value is -2.23. The summed E-state index contributed by atoms with van der Waals surface area (Å²) in [6.45, 7) is 0. The van der Waals surface area contributed by atoms with Crippen LogP contribution in [0.5, 0.6) is 0 Å². The number of aromatic nitrogens is 1. The summed E-state index contributed by atoms with van der Waals surface area (Å²) in [6.07, 6.45) is 0. The van der Waals surface area contributed by atoms with Gasteiger partial charge in [-0.3, -0.25) is 0 Å². The van der Waals surface area contributed by atoms with Gasteiger partial charge in [0.25, 0.3) is 0 Å². The largest absolute Gasteiger partial charge is 0.248 e. The Labute approximate surface area is 105 Å². The lowest BCUT2D eigenvalue weighted by molar-refractivity contribution is -0.584. The highest BCUT2D eigenvalue weighted by Crippen LogP contribution is 2.21. The second-order valence-electron chi connectivity index (χ2n) is 4.18. The highest BCUT2D eigenvalue weighted by molar-refractivity contribution is 5.81. The van der Waals surface area contributed by atoms with Crippen molar-refractivity contribution < 1.29 is 5.43 Å². The van der Waals surface area contributed by atoms with Crippen molar-refractivity contribution in [2.24, 2.45) is 5.84 Å². The summed E-state index contributed by atoms with van der Waals surface area (Å²) in [5.41, 5.74) is 5.71. The third kappa shape index (κ3) is 1.97. The highest BCUT2D eigenvalue weighted by atomic mass is 15.2. The molecule has 0 radical (unpaired) electrons. The molecule has 0 spiro atoms. The molecule has 0 saturated carbocycles. The fourth-order valence-electron chi connectivity index (χ4n) is 1.99. The molecular formula is C15H14N3+. The number of hydrogen-bond acceptors (Lipinski definition) is 2. The van der Waals surface area contributed by atoms with E-state index in [0.717, 1.165) is 27.8 Å². The molecular weight excluding hydrogens is 222 g/mol. The molecule has 0 bridgehead atoms. The number of fused-ring (bicyclic) bond motifs is 1. The van der Waals surface area contributed by atoms with E-state index in [2.05, 4.69) is 17.1 Å². The van der Waals surface area contributed by atoms with Gasteiger partial charge in [0.05, 0.1) is 11.2 Å². The zero-order valence-electron chi connectivity index (χ0n) is 9.88. The first-order chi connectivity index (χ1) is 8.86. The van der Waals surface area contributed by atoms with Gasteiger partial charge < -0.3 is 0 Å². The Balaban J connectivity index is 2.07. The number of para-hydroxylation sites is 1. The minimum atomic E-state index is 0.984. The Morgan fingerprint density at radius 2 is 1.61 bits per heavy atom. The molecule has 4 N–H and O–H groups in total. The van der Waals surface area contributed by atoms with E-state index in [4.69, 9.17) is 5.84 Å². The van der Waals surface area contributed by atoms with E-state index < -0.39 is 0 Å². The molecule has 0 unspecified atom stereocenters. The molecule has 88 valence electrons. The first kappa shape index (κ1) is 10.9. The van der Waals surface area contributed by atoms with Crippen LogP contribution in [0.2, 0.25) is 0 Å². The minimum Gasteiger partial charge on any atom is -0.248 e. The number of nitrogens with two attached hydrogens (primary N) is 2. The summed E-state index contributed by atoms with van der Waals surface area (Å²) in [5.74, 6) is 5.47. The van der Waals surface area contributed by atoms with Crippen molar-refractivity contribution in [3.8, 4) is 11.3 Å². The van der Waals surface area contributed by atoms with Gasteiger partial charge in [-0.25, -0.2) is 10.4 Å². The maximum Gasteiger partial charge on any atom is 0.148 e. The molecule has 3 nitrogen and oxygen atoms in total. The standard InChI is InChI=1S/C15H13N3/c16-18-13-8-5-12(6-9-13)15-10-7-11-3-1-2-4-14(11)17-15/h1-10,18H,16H2/p+1. The summed E-state index contributed by atoms with van der Waals surface area (Å²) in [5, 5.41) is 1.16. The van der Waals surface area contributed by atoms with Crippen molar-refractivity contribution in [3.05, 3.63) is 60.7 Å². The SMILES string of the molecule is N[NH2+]c1ccc(-c2ccc3ccccc3n2)cc1. The van der Waals surface area contributed by atoms with Gasteiger partial charge in [-0.05, 0) is 24.3 Å². The first-order valence-corrected chi connectivity index (χ1v) is 5.88. The van der Waals surface area contributed by atoms with Crippen LogP contribution in [-0.2, 0) is 0 Å². The topological polar surface area (TPSA) is 55.5 Å². The van der Waals surface area contributed by atoms with Gasteiger partial charge in [-0.1, -0.05) is 24.3 Å². The van der Waals surface area contributed by atoms with Gasteiger partial charge in [0, 0.05) is 23.1 Å². The van der Waals surface area contributed by atoms with Crippen LogP contribution >= 0.6 is 0 Å². The number of quaternary nitrogens is 1. The van der Waals surface area contributed by atoms with Crippen molar-refractivity contribution >= 4 is 16.6 Å². The van der Waals surface area contributed by atoms with E-state index in [9.17, 15) is 0 Å². The number of benzene rings is 2. The van der Waals surface area contributed by atoms with E-state index in [-0.39, 0.29) is 0 Å². The monoisotopic (exact) mass is 236 g/mol. The van der Waals surface area contributed by atoms with Crippen LogP contribution in [0.25, 0.3) is 22.2 Å². The zero-order chi connectivity index (χ0) is 12.4. The first-order valence-electron chi connectivity index (χ1n) is 5.88. The van der Waals surface area contributed by atoms with Crippen LogP contribution in [0, 0.1) is 0 Å². The maximum absolute atomic E-state index is 5.47. The Bertz CT molecular complexity index is 675. The van der Waals surface area contributed by atoms with Crippen LogP contribution in [-0.4, -0.2) is 4.98 Å². The molecule has 2 aromatic carbocycles. The summed E-state index contributed by atoms with van der Waals surface area (Å²) >= 11 is 0. The van der Waals surface area contributed by atoms with E-state index in [1.54, 1.807) is 5.43 Å². The maximum atomic E-state index is 5.47. The molecule has 3 rings (SSSR count). The van der Waals surface area contributed by atoms with E-state index in [1.807, 2.05) is 48.5 Å². The lowest BCUT2D eigenvalue weighted by Gasteiger charge is -2.03. The van der Waals surface area contributed by atoms with Crippen LogP contribution < -0.4 is 11.3 Å². The van der Waals surface area contributed by atoms with Gasteiger partial charge in [0.1, 0.15) is 5.69 Å². The van der Waals surface area contributed by atoms with Crippen LogP contribution in [0.4, 0.5) is 5.69 Å². The Kier molecular flexibility index (Phi) is 2.76. The molecule has 1 aromatic heterocycles. The normalized spacial score (nSPS) is 10.7. The van der Waals surface area contributed by atoms with Crippen molar-refractivity contribution in [1.29, 1.82) is 0 Å². The minimum absolute atomic E-state index is 0.984. The smallest absolute Gasteiger partial charge is 0.148 e. The number of nitrogens with zero attached hydrogens (tertiary/aromatic N) is 1. The van der Waals surface area contributed by atoms with Crippen molar-refractivity contribution in [2.45, 2.75) is 0 Å². The second kappa shape index (κ2) is 4.56. The molecule has 0 fully saturated rings. The molecule has 3 heteroatoms. The molecule has 0 atom stereocenters. The Morgan fingerprint density at radius 3 is 2.39 bits per heavy atom. The van der Waals surface area contributed by atoms with Crippen LogP contribution in [0.15, 0.2) is 60.7 Å². The lowest BCUT2D eigenvalue weighted by atomic mass is 10.1. The van der Waals surface area contributed by atoms with Gasteiger partial charge in [-0.15, -0.1) is 0 Å². The molecule has 0 amide bonds. The lowest BCUT2D eigenvalue weighted by Crippen LogP contribution is -2.85. The van der Waals surface area contributed by atoms with Gasteiger partial charge in [0.15, 0.2) is 0 Å². The van der Waals surface area contributed by atoms with Crippen molar-refractivity contribution in [3.63, 3.8) is 0 Å². The van der Waals surface area contributed by atoms with Crippen LogP contribution in [0.3, 0.4) is 0 Å². The molecule has 0 saturated heterocycles. The van der Waals surface area contributed by atoms with Crippen molar-refractivity contribution in [2.75, 3.05) is 0 Å². The van der Waals surface area contributed by atoms with E-state index in [1.165, 1.54) is 0 Å². The highest BCUT2D eigenvalue weighted by Gasteiger charge is 2.02. The van der Waals surface area contributed by atoms with Crippen molar-refractivity contribution in [1.82, 2.24) is 4.98 Å². The number of hydrogen-bond donors (Lipinski definition) is 2.